The second-order valence-electron chi connectivity index (χ2n) is 6.42. The average molecular weight is 324 g/mol. The van der Waals surface area contributed by atoms with Crippen molar-refractivity contribution in [3.63, 3.8) is 0 Å². The number of para-hydroxylation sites is 2. The lowest BCUT2D eigenvalue weighted by Gasteiger charge is -2.05. The molecule has 0 spiro atoms. The summed E-state index contributed by atoms with van der Waals surface area (Å²) in [6, 6.07) is 24.4. The molecule has 3 heteroatoms. The summed E-state index contributed by atoms with van der Waals surface area (Å²) in [6.07, 6.45) is 0. The first-order chi connectivity index (χ1) is 12.2. The number of fused-ring (bicyclic) bond motifs is 5. The summed E-state index contributed by atoms with van der Waals surface area (Å²) in [7, 11) is 0. The molecular formula is C22H16N2O. The van der Waals surface area contributed by atoms with Crippen LogP contribution < -0.4 is 5.56 Å². The number of hydrogen-bond acceptors (Lipinski definition) is 1. The molecule has 5 rings (SSSR count). The van der Waals surface area contributed by atoms with Crippen LogP contribution in [0.15, 0.2) is 77.6 Å². The molecule has 2 heterocycles. The van der Waals surface area contributed by atoms with E-state index < -0.39 is 0 Å². The molecule has 0 amide bonds. The number of nitrogens with one attached hydrogen (secondary N) is 1. The normalized spacial score (nSPS) is 11.6. The summed E-state index contributed by atoms with van der Waals surface area (Å²) in [5.74, 6) is 0. The molecule has 0 aliphatic carbocycles. The van der Waals surface area contributed by atoms with Crippen molar-refractivity contribution in [1.29, 1.82) is 0 Å². The Morgan fingerprint density at radius 1 is 0.840 bits per heavy atom. The van der Waals surface area contributed by atoms with Gasteiger partial charge in [0.1, 0.15) is 5.52 Å². The molecule has 0 aliphatic heterocycles. The van der Waals surface area contributed by atoms with Crippen LogP contribution in [0.1, 0.15) is 5.56 Å². The van der Waals surface area contributed by atoms with Gasteiger partial charge in [0, 0.05) is 10.9 Å². The molecule has 0 bridgehead atoms. The minimum atomic E-state index is -0.0635. The third kappa shape index (κ3) is 1.96. The van der Waals surface area contributed by atoms with Gasteiger partial charge in [0.05, 0.1) is 16.6 Å². The van der Waals surface area contributed by atoms with Gasteiger partial charge in [-0.15, -0.1) is 0 Å². The molecule has 0 unspecified atom stereocenters. The van der Waals surface area contributed by atoms with Crippen molar-refractivity contribution in [2.24, 2.45) is 0 Å². The van der Waals surface area contributed by atoms with E-state index in [1.165, 1.54) is 5.56 Å². The van der Waals surface area contributed by atoms with Crippen LogP contribution in [0.5, 0.6) is 0 Å². The van der Waals surface area contributed by atoms with E-state index in [2.05, 4.69) is 52.7 Å². The minimum absolute atomic E-state index is 0.0635. The van der Waals surface area contributed by atoms with Crippen molar-refractivity contribution < 1.29 is 0 Å². The lowest BCUT2D eigenvalue weighted by molar-refractivity contribution is 1.22. The molecule has 0 fully saturated rings. The van der Waals surface area contributed by atoms with Crippen LogP contribution in [0, 0.1) is 6.92 Å². The van der Waals surface area contributed by atoms with Crippen LogP contribution in [0.3, 0.4) is 0 Å². The quantitative estimate of drug-likeness (QED) is 0.467. The molecule has 0 aliphatic rings. The Balaban J connectivity index is 2.14. The van der Waals surface area contributed by atoms with Crippen LogP contribution in [-0.2, 0) is 0 Å². The van der Waals surface area contributed by atoms with Crippen LogP contribution in [0.25, 0.3) is 38.6 Å². The van der Waals surface area contributed by atoms with E-state index >= 15 is 0 Å². The van der Waals surface area contributed by atoms with Crippen molar-refractivity contribution in [3.05, 3.63) is 88.7 Å². The molecule has 3 nitrogen and oxygen atoms in total. The van der Waals surface area contributed by atoms with Crippen molar-refractivity contribution in [2.45, 2.75) is 6.92 Å². The molecule has 0 saturated carbocycles. The van der Waals surface area contributed by atoms with Gasteiger partial charge in [-0.1, -0.05) is 54.6 Å². The number of hydrogen-bond donors (Lipinski definition) is 1. The zero-order valence-electron chi connectivity index (χ0n) is 13.8. The summed E-state index contributed by atoms with van der Waals surface area (Å²) in [5.41, 5.74) is 6.78. The lowest BCUT2D eigenvalue weighted by atomic mass is 10.0. The van der Waals surface area contributed by atoms with Crippen molar-refractivity contribution in [2.75, 3.05) is 0 Å². The van der Waals surface area contributed by atoms with Gasteiger partial charge in [0.15, 0.2) is 0 Å². The first-order valence-electron chi connectivity index (χ1n) is 8.35. The van der Waals surface area contributed by atoms with Crippen molar-refractivity contribution in [1.82, 2.24) is 9.38 Å². The minimum Gasteiger partial charge on any atom is -0.319 e. The van der Waals surface area contributed by atoms with Gasteiger partial charge in [-0.2, -0.15) is 0 Å². The van der Waals surface area contributed by atoms with Gasteiger partial charge in [-0.25, -0.2) is 0 Å². The van der Waals surface area contributed by atoms with Crippen LogP contribution in [-0.4, -0.2) is 9.38 Å². The van der Waals surface area contributed by atoms with E-state index in [0.29, 0.717) is 5.52 Å². The molecule has 0 saturated heterocycles. The average Bonchev–Trinajstić information content (AvgIpc) is 2.98. The molecule has 2 aromatic heterocycles. The number of aryl methyl sites for hydroxylation is 1. The summed E-state index contributed by atoms with van der Waals surface area (Å²) in [6.45, 7) is 2.08. The molecule has 0 atom stereocenters. The summed E-state index contributed by atoms with van der Waals surface area (Å²) in [5, 5.41) is 1.10. The summed E-state index contributed by atoms with van der Waals surface area (Å²) < 4.78 is 2.10. The highest BCUT2D eigenvalue weighted by atomic mass is 16.1. The third-order valence-electron chi connectivity index (χ3n) is 4.79. The summed E-state index contributed by atoms with van der Waals surface area (Å²) in [4.78, 5) is 16.0. The monoisotopic (exact) mass is 324 g/mol. The SMILES string of the molecule is Cc1ccc2c(-c3ccccc3)c3c(=O)[nH]c4ccccc4n3c2c1. The Kier molecular flexibility index (Phi) is 2.86. The smallest absolute Gasteiger partial charge is 0.273 e. The standard InChI is InChI=1S/C22H16N2O/c1-14-11-12-16-19(13-14)24-18-10-6-5-9-17(18)23-22(25)21(24)20(16)15-7-3-2-4-8-15/h2-13H,1H3,(H,23,25). The van der Waals surface area contributed by atoms with Crippen LogP contribution in [0.2, 0.25) is 0 Å². The zero-order chi connectivity index (χ0) is 17.0. The molecule has 3 aromatic carbocycles. The van der Waals surface area contributed by atoms with E-state index in [9.17, 15) is 4.79 Å². The fourth-order valence-corrected chi connectivity index (χ4v) is 3.72. The lowest BCUT2D eigenvalue weighted by Crippen LogP contribution is -2.10. The molecule has 25 heavy (non-hydrogen) atoms. The predicted molar refractivity (Wildman–Crippen MR) is 103 cm³/mol. The topological polar surface area (TPSA) is 37.3 Å². The first-order valence-corrected chi connectivity index (χ1v) is 8.35. The fourth-order valence-electron chi connectivity index (χ4n) is 3.72. The van der Waals surface area contributed by atoms with Crippen LogP contribution in [0.4, 0.5) is 0 Å². The number of H-pyrrole nitrogens is 1. The highest BCUT2D eigenvalue weighted by Gasteiger charge is 2.18. The maximum Gasteiger partial charge on any atom is 0.273 e. The first kappa shape index (κ1) is 14.1. The number of nitrogens with zero attached hydrogens (tertiary/aromatic N) is 1. The van der Waals surface area contributed by atoms with Gasteiger partial charge in [-0.05, 0) is 36.2 Å². The Morgan fingerprint density at radius 3 is 2.44 bits per heavy atom. The van der Waals surface area contributed by atoms with Gasteiger partial charge in [-0.3, -0.25) is 4.79 Å². The number of aromatic amines is 1. The Morgan fingerprint density at radius 2 is 1.60 bits per heavy atom. The second-order valence-corrected chi connectivity index (χ2v) is 6.42. The van der Waals surface area contributed by atoms with E-state index in [1.807, 2.05) is 36.4 Å². The number of rotatable bonds is 1. The van der Waals surface area contributed by atoms with E-state index in [-0.39, 0.29) is 5.56 Å². The van der Waals surface area contributed by atoms with Gasteiger partial charge in [0.2, 0.25) is 0 Å². The van der Waals surface area contributed by atoms with Gasteiger partial charge < -0.3 is 9.38 Å². The van der Waals surface area contributed by atoms with E-state index in [4.69, 9.17) is 0 Å². The third-order valence-corrected chi connectivity index (χ3v) is 4.79. The number of aromatic nitrogens is 2. The summed E-state index contributed by atoms with van der Waals surface area (Å²) >= 11 is 0. The Labute approximate surface area is 144 Å². The van der Waals surface area contributed by atoms with Gasteiger partial charge >= 0.3 is 0 Å². The van der Waals surface area contributed by atoms with Crippen molar-refractivity contribution >= 4 is 27.5 Å². The Hall–Kier alpha value is -3.33. The van der Waals surface area contributed by atoms with Crippen LogP contribution >= 0.6 is 0 Å². The highest BCUT2D eigenvalue weighted by molar-refractivity contribution is 6.07. The predicted octanol–water partition coefficient (Wildman–Crippen LogP) is 4.91. The number of benzene rings is 3. The van der Waals surface area contributed by atoms with E-state index in [0.717, 1.165) is 33.1 Å². The van der Waals surface area contributed by atoms with Gasteiger partial charge in [0.25, 0.3) is 5.56 Å². The zero-order valence-corrected chi connectivity index (χ0v) is 13.8. The fraction of sp³-hybridized carbons (Fsp3) is 0.0455. The molecular weight excluding hydrogens is 308 g/mol. The molecule has 1 N–H and O–H groups in total. The molecule has 0 radical (unpaired) electrons. The molecule has 120 valence electrons. The second kappa shape index (κ2) is 5.08. The maximum atomic E-state index is 13.0. The van der Waals surface area contributed by atoms with Crippen molar-refractivity contribution in [3.8, 4) is 11.1 Å². The Bertz CT molecular complexity index is 1310. The highest BCUT2D eigenvalue weighted by Crippen LogP contribution is 2.35. The molecule has 5 aromatic rings. The largest absolute Gasteiger partial charge is 0.319 e. The maximum absolute atomic E-state index is 13.0. The van der Waals surface area contributed by atoms with E-state index in [1.54, 1.807) is 0 Å².